The SMILES string of the molecule is COC(=O)/C(=C/c1cnc(Br)s1)N=[N+]=[N-]. The average Bonchev–Trinajstić information content (AvgIpc) is 2.62. The van der Waals surface area contributed by atoms with Gasteiger partial charge in [0.25, 0.3) is 0 Å². The number of aromatic nitrogens is 1. The third-order valence-corrected chi connectivity index (χ3v) is 2.74. The third-order valence-electron chi connectivity index (χ3n) is 1.32. The first-order valence-corrected chi connectivity index (χ1v) is 5.24. The van der Waals surface area contributed by atoms with E-state index in [0.29, 0.717) is 8.79 Å². The number of rotatable bonds is 3. The van der Waals surface area contributed by atoms with Gasteiger partial charge in [-0.1, -0.05) is 5.11 Å². The number of halogens is 1. The summed E-state index contributed by atoms with van der Waals surface area (Å²) in [6, 6.07) is 0. The van der Waals surface area contributed by atoms with Crippen LogP contribution in [0.25, 0.3) is 16.5 Å². The number of azide groups is 1. The van der Waals surface area contributed by atoms with Gasteiger partial charge in [0.05, 0.1) is 7.11 Å². The second-order valence-corrected chi connectivity index (χ2v) is 4.56. The fraction of sp³-hybridized carbons (Fsp3) is 0.143. The van der Waals surface area contributed by atoms with Crippen molar-refractivity contribution >= 4 is 39.3 Å². The highest BCUT2D eigenvalue weighted by atomic mass is 79.9. The van der Waals surface area contributed by atoms with E-state index in [1.54, 1.807) is 6.20 Å². The molecule has 1 rings (SSSR count). The second-order valence-electron chi connectivity index (χ2n) is 2.23. The molecule has 78 valence electrons. The lowest BCUT2D eigenvalue weighted by Crippen LogP contribution is -2.01. The van der Waals surface area contributed by atoms with Gasteiger partial charge in [-0.25, -0.2) is 9.78 Å². The Bertz CT molecular complexity index is 450. The van der Waals surface area contributed by atoms with Crippen molar-refractivity contribution in [3.8, 4) is 0 Å². The molecule has 0 saturated carbocycles. The Morgan fingerprint density at radius 2 is 2.60 bits per heavy atom. The Balaban J connectivity index is 3.03. The van der Waals surface area contributed by atoms with Crippen molar-refractivity contribution in [1.82, 2.24) is 4.98 Å². The summed E-state index contributed by atoms with van der Waals surface area (Å²) in [7, 11) is 1.21. The predicted octanol–water partition coefficient (Wildman–Crippen LogP) is 2.73. The summed E-state index contributed by atoms with van der Waals surface area (Å²) >= 11 is 4.48. The molecule has 0 atom stereocenters. The Morgan fingerprint density at radius 3 is 3.07 bits per heavy atom. The van der Waals surface area contributed by atoms with Gasteiger partial charge in [0.2, 0.25) is 0 Å². The molecular formula is C7H5BrN4O2S. The van der Waals surface area contributed by atoms with Crippen LogP contribution < -0.4 is 0 Å². The lowest BCUT2D eigenvalue weighted by molar-refractivity contribution is -0.136. The molecule has 8 heteroatoms. The molecule has 1 aromatic heterocycles. The van der Waals surface area contributed by atoms with E-state index in [2.05, 4.69) is 35.7 Å². The molecule has 0 aromatic carbocycles. The first kappa shape index (κ1) is 11.7. The van der Waals surface area contributed by atoms with Crippen molar-refractivity contribution in [1.29, 1.82) is 0 Å². The van der Waals surface area contributed by atoms with Crippen LogP contribution in [-0.4, -0.2) is 18.1 Å². The van der Waals surface area contributed by atoms with E-state index in [4.69, 9.17) is 5.53 Å². The van der Waals surface area contributed by atoms with Crippen molar-refractivity contribution in [2.24, 2.45) is 5.11 Å². The molecule has 0 aliphatic carbocycles. The van der Waals surface area contributed by atoms with Gasteiger partial charge in [0.1, 0.15) is 5.70 Å². The van der Waals surface area contributed by atoms with Gasteiger partial charge in [-0.05, 0) is 27.5 Å². The largest absolute Gasteiger partial charge is 0.466 e. The van der Waals surface area contributed by atoms with Crippen LogP contribution in [0.5, 0.6) is 0 Å². The summed E-state index contributed by atoms with van der Waals surface area (Å²) in [6.45, 7) is 0. The fourth-order valence-electron chi connectivity index (χ4n) is 0.747. The molecule has 15 heavy (non-hydrogen) atoms. The first-order valence-electron chi connectivity index (χ1n) is 3.64. The summed E-state index contributed by atoms with van der Waals surface area (Å²) in [5.74, 6) is -0.683. The molecule has 0 aliphatic heterocycles. The Labute approximate surface area is 97.3 Å². The molecule has 0 N–H and O–H groups in total. The van der Waals surface area contributed by atoms with Gasteiger partial charge in [-0.3, -0.25) is 0 Å². The molecule has 0 aliphatic rings. The minimum Gasteiger partial charge on any atom is -0.466 e. The number of carbonyl (C=O) groups is 1. The first-order chi connectivity index (χ1) is 7.17. The topological polar surface area (TPSA) is 88.0 Å². The Hall–Kier alpha value is -1.37. The van der Waals surface area contributed by atoms with E-state index in [1.807, 2.05) is 0 Å². The van der Waals surface area contributed by atoms with E-state index in [1.165, 1.54) is 24.5 Å². The van der Waals surface area contributed by atoms with Crippen LogP contribution in [0, 0.1) is 0 Å². The van der Waals surface area contributed by atoms with Crippen molar-refractivity contribution in [3.63, 3.8) is 0 Å². The maximum atomic E-state index is 11.1. The van der Waals surface area contributed by atoms with E-state index in [9.17, 15) is 4.79 Å². The number of nitrogens with zero attached hydrogens (tertiary/aromatic N) is 4. The van der Waals surface area contributed by atoms with Gasteiger partial charge < -0.3 is 4.74 Å². The van der Waals surface area contributed by atoms with E-state index >= 15 is 0 Å². The van der Waals surface area contributed by atoms with Gasteiger partial charge in [-0.15, -0.1) is 11.3 Å². The molecule has 0 bridgehead atoms. The molecule has 0 unspecified atom stereocenters. The summed E-state index contributed by atoms with van der Waals surface area (Å²) in [4.78, 5) is 18.3. The quantitative estimate of drug-likeness (QED) is 0.282. The van der Waals surface area contributed by atoms with Crippen LogP contribution in [-0.2, 0) is 9.53 Å². The highest BCUT2D eigenvalue weighted by molar-refractivity contribution is 9.11. The molecule has 0 spiro atoms. The molecule has 6 nitrogen and oxygen atoms in total. The van der Waals surface area contributed by atoms with Crippen LogP contribution in [0.2, 0.25) is 0 Å². The summed E-state index contributed by atoms with van der Waals surface area (Å²) in [6.07, 6.45) is 2.96. The van der Waals surface area contributed by atoms with E-state index in [-0.39, 0.29) is 5.70 Å². The summed E-state index contributed by atoms with van der Waals surface area (Å²) < 4.78 is 5.12. The molecule has 0 radical (unpaired) electrons. The lowest BCUT2D eigenvalue weighted by Gasteiger charge is -1.95. The zero-order chi connectivity index (χ0) is 11.3. The second kappa shape index (κ2) is 5.50. The molecule has 1 aromatic rings. The Morgan fingerprint density at radius 1 is 1.87 bits per heavy atom. The van der Waals surface area contributed by atoms with Crippen LogP contribution in [0.1, 0.15) is 4.88 Å². The van der Waals surface area contributed by atoms with Gasteiger partial charge in [0, 0.05) is 16.0 Å². The fourth-order valence-corrected chi connectivity index (χ4v) is 1.99. The van der Waals surface area contributed by atoms with Gasteiger partial charge in [0.15, 0.2) is 3.92 Å². The number of carbonyl (C=O) groups excluding carboxylic acids is 1. The number of methoxy groups -OCH3 is 1. The van der Waals surface area contributed by atoms with E-state index in [0.717, 1.165) is 0 Å². The smallest absolute Gasteiger partial charge is 0.340 e. The van der Waals surface area contributed by atoms with Crippen molar-refractivity contribution in [2.45, 2.75) is 0 Å². The van der Waals surface area contributed by atoms with Crippen molar-refractivity contribution < 1.29 is 9.53 Å². The van der Waals surface area contributed by atoms with Crippen LogP contribution in [0.15, 0.2) is 20.9 Å². The number of hydrogen-bond acceptors (Lipinski definition) is 5. The lowest BCUT2D eigenvalue weighted by atomic mass is 10.4. The number of thiazole rings is 1. The number of esters is 1. The predicted molar refractivity (Wildman–Crippen MR) is 59.0 cm³/mol. The zero-order valence-electron chi connectivity index (χ0n) is 7.55. The highest BCUT2D eigenvalue weighted by Crippen LogP contribution is 2.21. The average molecular weight is 289 g/mol. The molecular weight excluding hydrogens is 284 g/mol. The number of ether oxygens (including phenoxy) is 1. The molecule has 0 saturated heterocycles. The highest BCUT2D eigenvalue weighted by Gasteiger charge is 2.08. The van der Waals surface area contributed by atoms with E-state index < -0.39 is 5.97 Å². The van der Waals surface area contributed by atoms with Crippen LogP contribution >= 0.6 is 27.3 Å². The van der Waals surface area contributed by atoms with Crippen LogP contribution in [0.3, 0.4) is 0 Å². The van der Waals surface area contributed by atoms with Gasteiger partial charge >= 0.3 is 5.97 Å². The maximum absolute atomic E-state index is 11.1. The van der Waals surface area contributed by atoms with Crippen LogP contribution in [0.4, 0.5) is 0 Å². The maximum Gasteiger partial charge on any atom is 0.340 e. The normalized spacial score (nSPS) is 10.7. The standard InChI is InChI=1S/C7H5BrN4O2S/c1-14-6(13)5(11-12-9)2-4-3-10-7(8)15-4/h2-3H,1H3/b5-2-. The van der Waals surface area contributed by atoms with Crippen molar-refractivity contribution in [3.05, 3.63) is 31.1 Å². The number of hydrogen-bond donors (Lipinski definition) is 0. The molecule has 0 amide bonds. The molecule has 1 heterocycles. The molecule has 0 fully saturated rings. The van der Waals surface area contributed by atoms with Gasteiger partial charge in [-0.2, -0.15) is 0 Å². The monoisotopic (exact) mass is 288 g/mol. The summed E-state index contributed by atoms with van der Waals surface area (Å²) in [5, 5.41) is 3.23. The zero-order valence-corrected chi connectivity index (χ0v) is 9.95. The summed E-state index contributed by atoms with van der Waals surface area (Å²) in [5.41, 5.74) is 8.15. The Kier molecular flexibility index (Phi) is 4.29. The minimum atomic E-state index is -0.683. The minimum absolute atomic E-state index is 0.101. The van der Waals surface area contributed by atoms with Crippen molar-refractivity contribution in [2.75, 3.05) is 7.11 Å². The third kappa shape index (κ3) is 3.35.